The van der Waals surface area contributed by atoms with Crippen molar-refractivity contribution in [3.63, 3.8) is 0 Å². The van der Waals surface area contributed by atoms with Crippen molar-refractivity contribution >= 4 is 28.8 Å². The molecular formula is C36H41N5O5S. The molecule has 10 nitrogen and oxygen atoms in total. The first-order chi connectivity index (χ1) is 22.5. The van der Waals surface area contributed by atoms with Crippen LogP contribution in [-0.4, -0.2) is 77.7 Å². The molecule has 2 unspecified atom stereocenters. The number of aromatic nitrogens is 2. The number of ether oxygens (including phenoxy) is 2. The Labute approximate surface area is 279 Å². The van der Waals surface area contributed by atoms with Crippen molar-refractivity contribution in [3.8, 4) is 22.5 Å². The second-order valence-electron chi connectivity index (χ2n) is 13.1. The molecule has 0 radical (unpaired) electrons. The zero-order valence-electron chi connectivity index (χ0n) is 27.1. The second-order valence-corrected chi connectivity index (χ2v) is 14.2. The molecule has 4 aromatic rings. The SMILES string of the molecule is C[C@@H](NC(=O)[C@H](Cc1ccc(-c2ncc(-c3ccc(N4CCOCC4)cc3)cn2)cc1)NC(=O)c1ccc(C(C)(C)C)s1)C1OC1O. The standard InChI is InChI=1S/C36H41N5O5S/c1-22(31-35(44)46-31)39-33(42)28(40-34(43)29-13-14-30(47-29)36(2,3)4)19-23-5-7-25(8-6-23)32-37-20-26(21-38-32)24-9-11-27(12-10-24)41-15-17-45-18-16-41/h5-14,20-22,28,31,35,44H,15-19H2,1-4H3,(H,39,42)(H,40,43)/t22-,28+,31?,35?/m1/s1. The van der Waals surface area contributed by atoms with Gasteiger partial charge in [-0.2, -0.15) is 0 Å². The van der Waals surface area contributed by atoms with E-state index in [0.29, 0.717) is 10.7 Å². The minimum absolute atomic E-state index is 0.0823. The molecule has 6 rings (SSSR count). The molecular weight excluding hydrogens is 614 g/mol. The molecule has 2 saturated heterocycles. The van der Waals surface area contributed by atoms with Gasteiger partial charge in [-0.25, -0.2) is 9.97 Å². The highest BCUT2D eigenvalue weighted by molar-refractivity contribution is 7.14. The lowest BCUT2D eigenvalue weighted by Crippen LogP contribution is -2.51. The van der Waals surface area contributed by atoms with Gasteiger partial charge in [0.25, 0.3) is 5.91 Å². The van der Waals surface area contributed by atoms with Gasteiger partial charge in [-0.3, -0.25) is 9.59 Å². The maximum atomic E-state index is 13.4. The van der Waals surface area contributed by atoms with Crippen molar-refractivity contribution in [3.05, 3.63) is 88.4 Å². The average molecular weight is 656 g/mol. The van der Waals surface area contributed by atoms with Gasteiger partial charge in [0.2, 0.25) is 5.91 Å². The molecule has 3 N–H and O–H groups in total. The number of aliphatic hydroxyl groups is 1. The van der Waals surface area contributed by atoms with Gasteiger partial charge in [0.15, 0.2) is 12.1 Å². The Morgan fingerprint density at radius 3 is 2.17 bits per heavy atom. The summed E-state index contributed by atoms with van der Waals surface area (Å²) in [5, 5.41) is 15.5. The third-order valence-electron chi connectivity index (χ3n) is 8.44. The molecule has 2 aliphatic heterocycles. The summed E-state index contributed by atoms with van der Waals surface area (Å²) in [4.78, 5) is 39.8. The molecule has 0 aliphatic carbocycles. The highest BCUT2D eigenvalue weighted by atomic mass is 32.1. The van der Waals surface area contributed by atoms with Crippen LogP contribution in [0.3, 0.4) is 0 Å². The zero-order valence-corrected chi connectivity index (χ0v) is 27.9. The Hall–Kier alpha value is -4.16. The molecule has 2 fully saturated rings. The fraction of sp³-hybridized carbons (Fsp3) is 0.389. The number of rotatable bonds is 10. The number of nitrogens with one attached hydrogen (secondary N) is 2. The molecule has 4 heterocycles. The fourth-order valence-electron chi connectivity index (χ4n) is 5.53. The van der Waals surface area contributed by atoms with E-state index in [-0.39, 0.29) is 23.7 Å². The summed E-state index contributed by atoms with van der Waals surface area (Å²) in [6, 6.07) is 18.6. The molecule has 0 saturated carbocycles. The van der Waals surface area contributed by atoms with Gasteiger partial charge in [0, 0.05) is 53.6 Å². The van der Waals surface area contributed by atoms with Gasteiger partial charge in [-0.1, -0.05) is 57.2 Å². The number of morpholine rings is 1. The summed E-state index contributed by atoms with van der Waals surface area (Å²) in [6.45, 7) is 11.4. The van der Waals surface area contributed by atoms with Gasteiger partial charge in [-0.05, 0) is 47.7 Å². The Kier molecular flexibility index (Phi) is 9.70. The number of thiophene rings is 1. The van der Waals surface area contributed by atoms with Crippen molar-refractivity contribution in [1.29, 1.82) is 0 Å². The topological polar surface area (TPSA) is 129 Å². The lowest BCUT2D eigenvalue weighted by Gasteiger charge is -2.28. The number of hydrogen-bond donors (Lipinski definition) is 3. The van der Waals surface area contributed by atoms with E-state index in [2.05, 4.69) is 70.5 Å². The van der Waals surface area contributed by atoms with Crippen molar-refractivity contribution in [2.24, 2.45) is 0 Å². The summed E-state index contributed by atoms with van der Waals surface area (Å²) in [7, 11) is 0. The van der Waals surface area contributed by atoms with Crippen LogP contribution in [0.4, 0.5) is 5.69 Å². The van der Waals surface area contributed by atoms with E-state index >= 15 is 0 Å². The van der Waals surface area contributed by atoms with Crippen LogP contribution >= 0.6 is 11.3 Å². The predicted molar refractivity (Wildman–Crippen MR) is 182 cm³/mol. The highest BCUT2D eigenvalue weighted by Crippen LogP contribution is 2.30. The maximum absolute atomic E-state index is 13.4. The van der Waals surface area contributed by atoms with Crippen LogP contribution in [0.1, 0.15) is 47.8 Å². The number of nitrogens with zero attached hydrogens (tertiary/aromatic N) is 3. The van der Waals surface area contributed by atoms with E-state index in [9.17, 15) is 14.7 Å². The average Bonchev–Trinajstić information content (AvgIpc) is 3.58. The van der Waals surface area contributed by atoms with Gasteiger partial charge in [-0.15, -0.1) is 11.3 Å². The van der Waals surface area contributed by atoms with Crippen LogP contribution in [0.15, 0.2) is 73.1 Å². The summed E-state index contributed by atoms with van der Waals surface area (Å²) >= 11 is 1.43. The van der Waals surface area contributed by atoms with E-state index in [1.807, 2.05) is 42.7 Å². The molecule has 11 heteroatoms. The molecule has 246 valence electrons. The Bertz CT molecular complexity index is 1680. The molecule has 2 amide bonds. The van der Waals surface area contributed by atoms with Crippen molar-refractivity contribution in [2.45, 2.75) is 64.0 Å². The van der Waals surface area contributed by atoms with Crippen molar-refractivity contribution < 1.29 is 24.2 Å². The summed E-state index contributed by atoms with van der Waals surface area (Å²) in [5.41, 5.74) is 4.78. The predicted octanol–water partition coefficient (Wildman–Crippen LogP) is 4.57. The van der Waals surface area contributed by atoms with E-state index in [4.69, 9.17) is 9.47 Å². The Morgan fingerprint density at radius 1 is 0.936 bits per heavy atom. The monoisotopic (exact) mass is 655 g/mol. The van der Waals surface area contributed by atoms with Gasteiger partial charge in [0.1, 0.15) is 12.1 Å². The number of hydrogen-bond acceptors (Lipinski definition) is 9. The number of benzene rings is 2. The third kappa shape index (κ3) is 8.05. The minimum atomic E-state index is -0.884. The van der Waals surface area contributed by atoms with Gasteiger partial charge in [0.05, 0.1) is 24.1 Å². The fourth-order valence-corrected chi connectivity index (χ4v) is 6.49. The van der Waals surface area contributed by atoms with Crippen LogP contribution in [0, 0.1) is 0 Å². The third-order valence-corrected chi connectivity index (χ3v) is 9.94. The Morgan fingerprint density at radius 2 is 1.57 bits per heavy atom. The number of anilines is 1. The minimum Gasteiger partial charge on any atom is -0.378 e. The molecule has 47 heavy (non-hydrogen) atoms. The molecule has 2 aromatic heterocycles. The second kappa shape index (κ2) is 13.9. The smallest absolute Gasteiger partial charge is 0.262 e. The number of aliphatic hydroxyl groups excluding tert-OH is 1. The molecule has 0 spiro atoms. The van der Waals surface area contributed by atoms with Crippen LogP contribution in [0.5, 0.6) is 0 Å². The number of amides is 2. The Balaban J connectivity index is 1.12. The van der Waals surface area contributed by atoms with E-state index in [0.717, 1.165) is 53.4 Å². The first-order valence-corrected chi connectivity index (χ1v) is 16.8. The van der Waals surface area contributed by atoms with Crippen molar-refractivity contribution in [1.82, 2.24) is 20.6 Å². The normalized spacial score (nSPS) is 19.1. The molecule has 4 atom stereocenters. The van der Waals surface area contributed by atoms with Crippen LogP contribution in [0.25, 0.3) is 22.5 Å². The molecule has 0 bridgehead atoms. The molecule has 2 aromatic carbocycles. The van der Waals surface area contributed by atoms with Crippen molar-refractivity contribution in [2.75, 3.05) is 31.2 Å². The number of carbonyl (C=O) groups excluding carboxylic acids is 2. The van der Waals surface area contributed by atoms with E-state index < -0.39 is 24.5 Å². The quantitative estimate of drug-likeness (QED) is 0.212. The summed E-state index contributed by atoms with van der Waals surface area (Å²) in [5.74, 6) is -0.0546. The lowest BCUT2D eigenvalue weighted by molar-refractivity contribution is -0.123. The first-order valence-electron chi connectivity index (χ1n) is 15.9. The maximum Gasteiger partial charge on any atom is 0.262 e. The number of carbonyl (C=O) groups is 2. The van der Waals surface area contributed by atoms with E-state index in [1.54, 1.807) is 13.0 Å². The number of epoxide rings is 1. The van der Waals surface area contributed by atoms with Gasteiger partial charge >= 0.3 is 0 Å². The highest BCUT2D eigenvalue weighted by Gasteiger charge is 2.42. The van der Waals surface area contributed by atoms with Gasteiger partial charge < -0.3 is 30.1 Å². The summed E-state index contributed by atoms with van der Waals surface area (Å²) < 4.78 is 10.6. The largest absolute Gasteiger partial charge is 0.378 e. The summed E-state index contributed by atoms with van der Waals surface area (Å²) in [6.07, 6.45) is 2.59. The van der Waals surface area contributed by atoms with Crippen LogP contribution < -0.4 is 15.5 Å². The van der Waals surface area contributed by atoms with Crippen LogP contribution in [0.2, 0.25) is 0 Å². The lowest BCUT2D eigenvalue weighted by atomic mass is 9.95. The van der Waals surface area contributed by atoms with Crippen LogP contribution in [-0.2, 0) is 26.1 Å². The van der Waals surface area contributed by atoms with E-state index in [1.165, 1.54) is 17.0 Å². The first kappa shape index (κ1) is 32.8. The molecule has 2 aliphatic rings. The zero-order chi connectivity index (χ0) is 33.1.